The number of aromatic nitrogens is 1. The second-order valence-electron chi connectivity index (χ2n) is 3.57. The number of halogens is 2. The van der Waals surface area contributed by atoms with Crippen LogP contribution < -0.4 is 10.5 Å². The maximum atomic E-state index is 5.92. The standard InChI is InChI=1S/C12H10BrClN2O/c1-7-2-3-8(14)4-11(7)17-12-10(13)5-9(15)6-16-12/h2-6H,15H2,1H3. The molecule has 1 aromatic heterocycles. The molecular weight excluding hydrogens is 304 g/mol. The van der Waals surface area contributed by atoms with Gasteiger partial charge in [-0.15, -0.1) is 0 Å². The molecule has 5 heteroatoms. The minimum absolute atomic E-state index is 0.463. The number of pyridine rings is 1. The Labute approximate surface area is 113 Å². The lowest BCUT2D eigenvalue weighted by atomic mass is 10.2. The third kappa shape index (κ3) is 2.90. The van der Waals surface area contributed by atoms with E-state index in [1.165, 1.54) is 0 Å². The second-order valence-corrected chi connectivity index (χ2v) is 4.86. The molecule has 3 nitrogen and oxygen atoms in total. The van der Waals surface area contributed by atoms with E-state index in [4.69, 9.17) is 22.1 Å². The molecule has 0 saturated carbocycles. The molecule has 0 aliphatic heterocycles. The van der Waals surface area contributed by atoms with Crippen LogP contribution in [-0.2, 0) is 0 Å². The summed E-state index contributed by atoms with van der Waals surface area (Å²) in [6.07, 6.45) is 1.54. The van der Waals surface area contributed by atoms with E-state index in [-0.39, 0.29) is 0 Å². The predicted molar refractivity (Wildman–Crippen MR) is 72.6 cm³/mol. The minimum atomic E-state index is 0.463. The molecule has 2 rings (SSSR count). The molecule has 0 amide bonds. The zero-order valence-corrected chi connectivity index (χ0v) is 11.4. The number of rotatable bonds is 2. The molecule has 88 valence electrons. The summed E-state index contributed by atoms with van der Waals surface area (Å²) in [7, 11) is 0. The van der Waals surface area contributed by atoms with Crippen LogP contribution in [0.5, 0.6) is 11.6 Å². The first-order valence-electron chi connectivity index (χ1n) is 4.91. The Balaban J connectivity index is 2.34. The van der Waals surface area contributed by atoms with Crippen LogP contribution in [0.25, 0.3) is 0 Å². The van der Waals surface area contributed by atoms with Gasteiger partial charge in [-0.05, 0) is 46.6 Å². The minimum Gasteiger partial charge on any atom is -0.438 e. The third-order valence-corrected chi connectivity index (χ3v) is 2.99. The molecular formula is C12H10BrClN2O. The number of nitrogen functional groups attached to an aromatic ring is 1. The van der Waals surface area contributed by atoms with Crippen LogP contribution in [0, 0.1) is 6.92 Å². The number of hydrogen-bond donors (Lipinski definition) is 1. The number of anilines is 1. The van der Waals surface area contributed by atoms with Crippen LogP contribution in [0.4, 0.5) is 5.69 Å². The molecule has 0 fully saturated rings. The Morgan fingerprint density at radius 1 is 1.35 bits per heavy atom. The van der Waals surface area contributed by atoms with Crippen LogP contribution in [0.2, 0.25) is 5.02 Å². The highest BCUT2D eigenvalue weighted by molar-refractivity contribution is 9.10. The molecule has 1 heterocycles. The van der Waals surface area contributed by atoms with E-state index in [1.54, 1.807) is 18.3 Å². The Hall–Kier alpha value is -1.26. The Morgan fingerprint density at radius 3 is 2.82 bits per heavy atom. The molecule has 0 radical (unpaired) electrons. The molecule has 0 atom stereocenters. The van der Waals surface area contributed by atoms with Crippen molar-refractivity contribution >= 4 is 33.2 Å². The average Bonchev–Trinajstić information content (AvgIpc) is 2.27. The summed E-state index contributed by atoms with van der Waals surface area (Å²) in [6.45, 7) is 1.94. The van der Waals surface area contributed by atoms with Crippen molar-refractivity contribution < 1.29 is 4.74 Å². The first kappa shape index (κ1) is 12.2. The smallest absolute Gasteiger partial charge is 0.233 e. The summed E-state index contributed by atoms with van der Waals surface area (Å²) in [5.74, 6) is 1.14. The topological polar surface area (TPSA) is 48.1 Å². The number of benzene rings is 1. The first-order valence-corrected chi connectivity index (χ1v) is 6.08. The monoisotopic (exact) mass is 312 g/mol. The molecule has 0 aliphatic rings. The summed E-state index contributed by atoms with van der Waals surface area (Å²) in [4.78, 5) is 4.11. The summed E-state index contributed by atoms with van der Waals surface area (Å²) in [6, 6.07) is 7.20. The van der Waals surface area contributed by atoms with E-state index in [9.17, 15) is 0 Å². The van der Waals surface area contributed by atoms with Gasteiger partial charge in [0, 0.05) is 5.02 Å². The Morgan fingerprint density at radius 2 is 2.12 bits per heavy atom. The summed E-state index contributed by atoms with van der Waals surface area (Å²) in [5.41, 5.74) is 7.17. The van der Waals surface area contributed by atoms with Crippen LogP contribution in [0.15, 0.2) is 34.9 Å². The summed E-state index contributed by atoms with van der Waals surface area (Å²) in [5, 5.41) is 0.622. The average molecular weight is 314 g/mol. The van der Waals surface area contributed by atoms with Gasteiger partial charge in [0.1, 0.15) is 5.75 Å². The number of aryl methyl sites for hydroxylation is 1. The lowest BCUT2D eigenvalue weighted by Gasteiger charge is -2.09. The molecule has 2 aromatic rings. The largest absolute Gasteiger partial charge is 0.438 e. The van der Waals surface area contributed by atoms with E-state index >= 15 is 0 Å². The first-order chi connectivity index (χ1) is 8.06. The van der Waals surface area contributed by atoms with Gasteiger partial charge >= 0.3 is 0 Å². The van der Waals surface area contributed by atoms with Crippen molar-refractivity contribution in [1.82, 2.24) is 4.98 Å². The lowest BCUT2D eigenvalue weighted by molar-refractivity contribution is 0.456. The van der Waals surface area contributed by atoms with Crippen molar-refractivity contribution in [3.63, 3.8) is 0 Å². The quantitative estimate of drug-likeness (QED) is 0.904. The number of hydrogen-bond acceptors (Lipinski definition) is 3. The normalized spacial score (nSPS) is 10.3. The van der Waals surface area contributed by atoms with Crippen LogP contribution in [0.3, 0.4) is 0 Å². The van der Waals surface area contributed by atoms with E-state index in [2.05, 4.69) is 20.9 Å². The fraction of sp³-hybridized carbons (Fsp3) is 0.0833. The van der Waals surface area contributed by atoms with Gasteiger partial charge in [0.2, 0.25) is 5.88 Å². The third-order valence-electron chi connectivity index (χ3n) is 2.19. The zero-order chi connectivity index (χ0) is 12.4. The highest BCUT2D eigenvalue weighted by Gasteiger charge is 2.07. The molecule has 2 N–H and O–H groups in total. The van der Waals surface area contributed by atoms with Crippen molar-refractivity contribution in [2.75, 3.05) is 5.73 Å². The molecule has 0 bridgehead atoms. The van der Waals surface area contributed by atoms with Gasteiger partial charge in [-0.1, -0.05) is 17.7 Å². The molecule has 0 spiro atoms. The van der Waals surface area contributed by atoms with E-state index in [1.807, 2.05) is 19.1 Å². The predicted octanol–water partition coefficient (Wildman–Crippen LogP) is 4.18. The van der Waals surface area contributed by atoms with Gasteiger partial charge in [-0.2, -0.15) is 0 Å². The van der Waals surface area contributed by atoms with Gasteiger partial charge < -0.3 is 10.5 Å². The Kier molecular flexibility index (Phi) is 3.54. The second kappa shape index (κ2) is 4.94. The highest BCUT2D eigenvalue weighted by Crippen LogP contribution is 2.31. The fourth-order valence-corrected chi connectivity index (χ4v) is 1.91. The molecule has 17 heavy (non-hydrogen) atoms. The molecule has 1 aromatic carbocycles. The number of nitrogens with zero attached hydrogens (tertiary/aromatic N) is 1. The van der Waals surface area contributed by atoms with Crippen LogP contribution >= 0.6 is 27.5 Å². The number of nitrogens with two attached hydrogens (primary N) is 1. The van der Waals surface area contributed by atoms with E-state index in [0.717, 1.165) is 5.56 Å². The van der Waals surface area contributed by atoms with Gasteiger partial charge in [0.05, 0.1) is 16.4 Å². The van der Waals surface area contributed by atoms with E-state index in [0.29, 0.717) is 26.8 Å². The Bertz CT molecular complexity index is 560. The van der Waals surface area contributed by atoms with Gasteiger partial charge in [-0.3, -0.25) is 0 Å². The van der Waals surface area contributed by atoms with Crippen molar-refractivity contribution in [2.24, 2.45) is 0 Å². The van der Waals surface area contributed by atoms with Crippen LogP contribution in [0.1, 0.15) is 5.56 Å². The maximum Gasteiger partial charge on any atom is 0.233 e. The molecule has 0 aliphatic carbocycles. The SMILES string of the molecule is Cc1ccc(Cl)cc1Oc1ncc(N)cc1Br. The van der Waals surface area contributed by atoms with Crippen molar-refractivity contribution in [2.45, 2.75) is 6.92 Å². The van der Waals surface area contributed by atoms with Crippen molar-refractivity contribution in [3.8, 4) is 11.6 Å². The van der Waals surface area contributed by atoms with Gasteiger partial charge in [0.15, 0.2) is 0 Å². The number of ether oxygens (including phenoxy) is 1. The maximum absolute atomic E-state index is 5.92. The summed E-state index contributed by atoms with van der Waals surface area (Å²) >= 11 is 9.26. The molecule has 0 unspecified atom stereocenters. The van der Waals surface area contributed by atoms with E-state index < -0.39 is 0 Å². The van der Waals surface area contributed by atoms with Gasteiger partial charge in [0.25, 0.3) is 0 Å². The zero-order valence-electron chi connectivity index (χ0n) is 9.08. The lowest BCUT2D eigenvalue weighted by Crippen LogP contribution is -1.93. The van der Waals surface area contributed by atoms with Gasteiger partial charge in [-0.25, -0.2) is 4.98 Å². The fourth-order valence-electron chi connectivity index (χ4n) is 1.30. The van der Waals surface area contributed by atoms with Crippen molar-refractivity contribution in [1.29, 1.82) is 0 Å². The molecule has 0 saturated heterocycles. The highest BCUT2D eigenvalue weighted by atomic mass is 79.9. The summed E-state index contributed by atoms with van der Waals surface area (Å²) < 4.78 is 6.38. The van der Waals surface area contributed by atoms with Crippen LogP contribution in [-0.4, -0.2) is 4.98 Å². The van der Waals surface area contributed by atoms with Crippen molar-refractivity contribution in [3.05, 3.63) is 45.5 Å².